The quantitative estimate of drug-likeness (QED) is 0.791. The van der Waals surface area contributed by atoms with E-state index in [4.69, 9.17) is 0 Å². The summed E-state index contributed by atoms with van der Waals surface area (Å²) in [5.41, 5.74) is 0. The average Bonchev–Trinajstić information content (AvgIpc) is 2.90. The lowest BCUT2D eigenvalue weighted by Gasteiger charge is -2.26. The molecule has 3 saturated carbocycles. The van der Waals surface area contributed by atoms with Crippen LogP contribution in [0, 0.1) is 17.8 Å². The van der Waals surface area contributed by atoms with Crippen LogP contribution < -0.4 is 0 Å². The molecule has 0 spiro atoms. The van der Waals surface area contributed by atoms with Gasteiger partial charge in [-0.1, -0.05) is 12.8 Å². The third kappa shape index (κ3) is 2.24. The predicted octanol–water partition coefficient (Wildman–Crippen LogP) is 2.35. The number of carbonyl (C=O) groups is 1. The van der Waals surface area contributed by atoms with Gasteiger partial charge in [0.15, 0.2) is 15.6 Å². The van der Waals surface area contributed by atoms with Crippen LogP contribution in [0.4, 0.5) is 0 Å². The van der Waals surface area contributed by atoms with Crippen LogP contribution >= 0.6 is 0 Å². The molecule has 0 amide bonds. The summed E-state index contributed by atoms with van der Waals surface area (Å²) in [6.07, 6.45) is 7.64. The largest absolute Gasteiger partial charge is 0.298 e. The van der Waals surface area contributed by atoms with Gasteiger partial charge in [0.1, 0.15) is 5.25 Å². The lowest BCUT2D eigenvalue weighted by Crippen LogP contribution is -2.37. The van der Waals surface area contributed by atoms with Gasteiger partial charge in [0.2, 0.25) is 0 Å². The first kappa shape index (κ1) is 12.6. The highest BCUT2D eigenvalue weighted by molar-refractivity contribution is 7.92. The normalized spacial score (nSPS) is 40.3. The van der Waals surface area contributed by atoms with Crippen molar-refractivity contribution in [2.24, 2.45) is 17.8 Å². The van der Waals surface area contributed by atoms with Crippen LogP contribution in [0.25, 0.3) is 0 Å². The molecule has 0 N–H and O–H groups in total. The number of rotatable bonds is 3. The van der Waals surface area contributed by atoms with Gasteiger partial charge >= 0.3 is 0 Å². The van der Waals surface area contributed by atoms with Gasteiger partial charge in [-0.2, -0.15) is 0 Å². The van der Waals surface area contributed by atoms with E-state index >= 15 is 0 Å². The van der Waals surface area contributed by atoms with Crippen molar-refractivity contribution in [2.75, 3.05) is 5.75 Å². The lowest BCUT2D eigenvalue weighted by atomic mass is 9.90. The molecule has 0 radical (unpaired) electrons. The summed E-state index contributed by atoms with van der Waals surface area (Å²) in [6.45, 7) is 0. The van der Waals surface area contributed by atoms with Crippen molar-refractivity contribution in [3.05, 3.63) is 0 Å². The van der Waals surface area contributed by atoms with Crippen molar-refractivity contribution in [1.82, 2.24) is 0 Å². The molecule has 3 rings (SSSR count). The Kier molecular flexibility index (Phi) is 3.25. The van der Waals surface area contributed by atoms with Gasteiger partial charge in [0, 0.05) is 6.42 Å². The van der Waals surface area contributed by atoms with Crippen molar-refractivity contribution in [3.63, 3.8) is 0 Å². The molecular formula is C14H22O3S. The molecule has 102 valence electrons. The first-order valence-corrected chi connectivity index (χ1v) is 9.02. The van der Waals surface area contributed by atoms with E-state index < -0.39 is 15.1 Å². The maximum Gasteiger partial charge on any atom is 0.160 e. The van der Waals surface area contributed by atoms with Crippen molar-refractivity contribution in [2.45, 2.75) is 56.6 Å². The van der Waals surface area contributed by atoms with Crippen LogP contribution in [0.1, 0.15) is 51.4 Å². The second kappa shape index (κ2) is 4.62. The average molecular weight is 270 g/mol. The summed E-state index contributed by atoms with van der Waals surface area (Å²) in [6, 6.07) is 0. The molecule has 3 fully saturated rings. The molecular weight excluding hydrogens is 248 g/mol. The number of hydrogen-bond acceptors (Lipinski definition) is 3. The second-order valence-electron chi connectivity index (χ2n) is 6.47. The first-order valence-electron chi connectivity index (χ1n) is 7.30. The smallest absolute Gasteiger partial charge is 0.160 e. The number of ketones is 1. The molecule has 0 aliphatic heterocycles. The third-order valence-corrected chi connectivity index (χ3v) is 7.52. The number of sulfone groups is 1. The minimum Gasteiger partial charge on any atom is -0.298 e. The molecule has 3 aliphatic rings. The maximum absolute atomic E-state index is 12.4. The molecule has 0 heterocycles. The monoisotopic (exact) mass is 270 g/mol. The molecule has 2 bridgehead atoms. The SMILES string of the molecule is O=C1CCCCC1S(=O)(=O)CC1CC2CCC1C2. The van der Waals surface area contributed by atoms with E-state index in [0.29, 0.717) is 24.7 Å². The van der Waals surface area contributed by atoms with Gasteiger partial charge in [-0.15, -0.1) is 0 Å². The Labute approximate surface area is 109 Å². The Bertz CT molecular complexity index is 440. The topological polar surface area (TPSA) is 51.2 Å². The van der Waals surface area contributed by atoms with Crippen molar-refractivity contribution in [3.8, 4) is 0 Å². The third-order valence-electron chi connectivity index (χ3n) is 5.26. The fourth-order valence-corrected chi connectivity index (χ4v) is 6.61. The summed E-state index contributed by atoms with van der Waals surface area (Å²) in [5, 5.41) is -0.662. The van der Waals surface area contributed by atoms with Crippen LogP contribution in [-0.4, -0.2) is 25.2 Å². The van der Waals surface area contributed by atoms with Gasteiger partial charge in [-0.05, 0) is 49.9 Å². The number of fused-ring (bicyclic) bond motifs is 2. The van der Waals surface area contributed by atoms with Crippen molar-refractivity contribution >= 4 is 15.6 Å². The zero-order valence-electron chi connectivity index (χ0n) is 10.8. The zero-order chi connectivity index (χ0) is 12.8. The number of hydrogen-bond donors (Lipinski definition) is 0. The summed E-state index contributed by atoms with van der Waals surface area (Å²) in [4.78, 5) is 11.8. The standard InChI is InChI=1S/C14H22O3S/c15-13-3-1-2-4-14(13)18(16,17)9-12-8-10-5-6-11(12)7-10/h10-12,14H,1-9H2. The van der Waals surface area contributed by atoms with Crippen LogP contribution in [0.5, 0.6) is 0 Å². The molecule has 0 saturated heterocycles. The molecule has 3 nitrogen and oxygen atoms in total. The molecule has 0 aromatic carbocycles. The van der Waals surface area contributed by atoms with E-state index in [1.54, 1.807) is 0 Å². The Morgan fingerprint density at radius 1 is 1.06 bits per heavy atom. The van der Waals surface area contributed by atoms with Crippen LogP contribution in [0.3, 0.4) is 0 Å². The summed E-state index contributed by atoms with van der Waals surface area (Å²) in [7, 11) is -3.19. The molecule has 18 heavy (non-hydrogen) atoms. The fourth-order valence-electron chi connectivity index (χ4n) is 4.33. The summed E-state index contributed by atoms with van der Waals surface area (Å²) in [5.74, 6) is 2.01. The summed E-state index contributed by atoms with van der Waals surface area (Å²) >= 11 is 0. The highest BCUT2D eigenvalue weighted by Crippen LogP contribution is 2.49. The zero-order valence-corrected chi connectivity index (χ0v) is 11.6. The van der Waals surface area contributed by atoms with Crippen LogP contribution in [-0.2, 0) is 14.6 Å². The molecule has 0 aromatic rings. The highest BCUT2D eigenvalue weighted by Gasteiger charge is 2.43. The summed E-state index contributed by atoms with van der Waals surface area (Å²) < 4.78 is 24.8. The highest BCUT2D eigenvalue weighted by atomic mass is 32.2. The molecule has 4 atom stereocenters. The molecule has 0 aromatic heterocycles. The van der Waals surface area contributed by atoms with Crippen molar-refractivity contribution in [1.29, 1.82) is 0 Å². The van der Waals surface area contributed by atoms with Crippen LogP contribution in [0.15, 0.2) is 0 Å². The second-order valence-corrected chi connectivity index (χ2v) is 8.69. The van der Waals surface area contributed by atoms with E-state index in [-0.39, 0.29) is 11.5 Å². The Hall–Kier alpha value is -0.380. The van der Waals surface area contributed by atoms with Crippen LogP contribution in [0.2, 0.25) is 0 Å². The van der Waals surface area contributed by atoms with Gasteiger partial charge in [-0.3, -0.25) is 4.79 Å². The number of Topliss-reactive ketones (excluding diaryl/α,β-unsaturated/α-hetero) is 1. The maximum atomic E-state index is 12.4. The fraction of sp³-hybridized carbons (Fsp3) is 0.929. The van der Waals surface area contributed by atoms with E-state index in [2.05, 4.69) is 0 Å². The van der Waals surface area contributed by atoms with E-state index in [9.17, 15) is 13.2 Å². The van der Waals surface area contributed by atoms with Gasteiger partial charge < -0.3 is 0 Å². The van der Waals surface area contributed by atoms with E-state index in [0.717, 1.165) is 25.2 Å². The Morgan fingerprint density at radius 2 is 1.89 bits per heavy atom. The van der Waals surface area contributed by atoms with Gasteiger partial charge in [0.05, 0.1) is 5.75 Å². The van der Waals surface area contributed by atoms with E-state index in [1.165, 1.54) is 19.3 Å². The first-order chi connectivity index (χ1) is 8.56. The predicted molar refractivity (Wildman–Crippen MR) is 70.0 cm³/mol. The minimum absolute atomic E-state index is 0.0237. The van der Waals surface area contributed by atoms with Gasteiger partial charge in [0.25, 0.3) is 0 Å². The Morgan fingerprint density at radius 3 is 2.50 bits per heavy atom. The van der Waals surface area contributed by atoms with Crippen molar-refractivity contribution < 1.29 is 13.2 Å². The van der Waals surface area contributed by atoms with E-state index in [1.807, 2.05) is 0 Å². The molecule has 4 unspecified atom stereocenters. The number of carbonyl (C=O) groups excluding carboxylic acids is 1. The lowest BCUT2D eigenvalue weighted by molar-refractivity contribution is -0.119. The molecule has 4 heteroatoms. The molecule has 3 aliphatic carbocycles. The minimum atomic E-state index is -3.19. The Balaban J connectivity index is 1.69. The van der Waals surface area contributed by atoms with Gasteiger partial charge in [-0.25, -0.2) is 8.42 Å².